The molecule has 1 aromatic rings. The average molecular weight is 319 g/mol. The number of amides is 1. The van der Waals surface area contributed by atoms with E-state index in [1.807, 2.05) is 6.07 Å². The van der Waals surface area contributed by atoms with Crippen LogP contribution in [0.2, 0.25) is 0 Å². The molecule has 1 fully saturated rings. The van der Waals surface area contributed by atoms with Crippen molar-refractivity contribution in [3.63, 3.8) is 0 Å². The van der Waals surface area contributed by atoms with Crippen LogP contribution in [0.15, 0.2) is 30.3 Å². The molecule has 1 saturated heterocycles. The van der Waals surface area contributed by atoms with Crippen LogP contribution >= 0.6 is 0 Å². The highest BCUT2D eigenvalue weighted by Crippen LogP contribution is 2.36. The zero-order valence-corrected chi connectivity index (χ0v) is 15.1. The molecule has 1 aromatic carbocycles. The van der Waals surface area contributed by atoms with Crippen molar-refractivity contribution in [2.24, 2.45) is 5.92 Å². The van der Waals surface area contributed by atoms with Crippen molar-refractivity contribution in [3.8, 4) is 0 Å². The fraction of sp³-hybridized carbons (Fsp3) is 0.632. The summed E-state index contributed by atoms with van der Waals surface area (Å²) in [4.78, 5) is 13.0. The van der Waals surface area contributed by atoms with E-state index >= 15 is 0 Å². The van der Waals surface area contributed by atoms with Gasteiger partial charge in [0.2, 0.25) is 0 Å². The van der Waals surface area contributed by atoms with Gasteiger partial charge in [-0.15, -0.1) is 0 Å². The number of piperidine rings is 1. The standard InChI is InChI=1S/C19H30N2O2/c1-15-11-17(20(5)18(22)23)14-21(12-15,19(2,3)4)13-16-9-7-6-8-10-16/h6-10,15,17H,11-14H2,1-5H3/p+1/t15-,17-,21?/m1/s1. The Morgan fingerprint density at radius 1 is 1.26 bits per heavy atom. The summed E-state index contributed by atoms with van der Waals surface area (Å²) < 4.78 is 0.931. The molecule has 128 valence electrons. The Hall–Kier alpha value is -1.55. The van der Waals surface area contributed by atoms with Crippen molar-refractivity contribution in [1.82, 2.24) is 4.90 Å². The first-order valence-corrected chi connectivity index (χ1v) is 8.50. The third-order valence-corrected chi connectivity index (χ3v) is 5.50. The summed E-state index contributed by atoms with van der Waals surface area (Å²) in [5.74, 6) is 0.512. The molecule has 1 aliphatic heterocycles. The van der Waals surface area contributed by atoms with Crippen molar-refractivity contribution < 1.29 is 14.4 Å². The van der Waals surface area contributed by atoms with E-state index in [0.29, 0.717) is 5.92 Å². The molecule has 1 unspecified atom stereocenters. The highest BCUT2D eigenvalue weighted by atomic mass is 16.4. The van der Waals surface area contributed by atoms with Crippen LogP contribution in [-0.2, 0) is 6.54 Å². The molecular formula is C19H31N2O2+. The normalized spacial score (nSPS) is 28.4. The van der Waals surface area contributed by atoms with Gasteiger partial charge in [-0.1, -0.05) is 37.3 Å². The summed E-state index contributed by atoms with van der Waals surface area (Å²) in [5, 5.41) is 9.40. The van der Waals surface area contributed by atoms with E-state index in [1.165, 1.54) is 10.5 Å². The minimum Gasteiger partial charge on any atom is -0.465 e. The smallest absolute Gasteiger partial charge is 0.407 e. The fourth-order valence-electron chi connectivity index (χ4n) is 3.97. The maximum absolute atomic E-state index is 11.4. The Kier molecular flexibility index (Phi) is 5.04. The van der Waals surface area contributed by atoms with E-state index in [-0.39, 0.29) is 11.6 Å². The lowest BCUT2D eigenvalue weighted by Gasteiger charge is -2.55. The second-order valence-electron chi connectivity index (χ2n) is 8.21. The van der Waals surface area contributed by atoms with Crippen LogP contribution in [-0.4, -0.2) is 52.3 Å². The number of rotatable bonds is 3. The third-order valence-electron chi connectivity index (χ3n) is 5.50. The van der Waals surface area contributed by atoms with E-state index in [2.05, 4.69) is 52.0 Å². The number of quaternary nitrogens is 1. The maximum Gasteiger partial charge on any atom is 0.407 e. The summed E-state index contributed by atoms with van der Waals surface area (Å²) in [6, 6.07) is 10.7. The minimum atomic E-state index is -0.823. The molecule has 0 saturated carbocycles. The van der Waals surface area contributed by atoms with Gasteiger partial charge in [-0.25, -0.2) is 4.79 Å². The van der Waals surface area contributed by atoms with Crippen LogP contribution in [0.1, 0.15) is 39.7 Å². The van der Waals surface area contributed by atoms with Crippen LogP contribution in [0.25, 0.3) is 0 Å². The monoisotopic (exact) mass is 319 g/mol. The second-order valence-corrected chi connectivity index (χ2v) is 8.21. The molecule has 4 heteroatoms. The van der Waals surface area contributed by atoms with Crippen molar-refractivity contribution in [2.45, 2.75) is 52.2 Å². The highest BCUT2D eigenvalue weighted by molar-refractivity contribution is 5.65. The molecule has 1 heterocycles. The summed E-state index contributed by atoms with van der Waals surface area (Å²) in [7, 11) is 1.71. The molecule has 4 nitrogen and oxygen atoms in total. The van der Waals surface area contributed by atoms with Crippen molar-refractivity contribution in [2.75, 3.05) is 20.1 Å². The van der Waals surface area contributed by atoms with E-state index in [0.717, 1.165) is 30.5 Å². The van der Waals surface area contributed by atoms with Crippen LogP contribution in [0.3, 0.4) is 0 Å². The summed E-state index contributed by atoms with van der Waals surface area (Å²) in [6.45, 7) is 12.0. The lowest BCUT2D eigenvalue weighted by molar-refractivity contribution is -0.990. The van der Waals surface area contributed by atoms with Crippen molar-refractivity contribution in [1.29, 1.82) is 0 Å². The molecule has 0 aliphatic carbocycles. The van der Waals surface area contributed by atoms with E-state index in [1.54, 1.807) is 7.05 Å². The van der Waals surface area contributed by atoms with E-state index in [4.69, 9.17) is 0 Å². The van der Waals surface area contributed by atoms with Gasteiger partial charge in [0, 0.05) is 18.5 Å². The lowest BCUT2D eigenvalue weighted by atomic mass is 9.86. The molecular weight excluding hydrogens is 288 g/mol. The predicted molar refractivity (Wildman–Crippen MR) is 93.3 cm³/mol. The van der Waals surface area contributed by atoms with Crippen LogP contribution in [0.4, 0.5) is 4.79 Å². The van der Waals surface area contributed by atoms with Gasteiger partial charge < -0.3 is 14.5 Å². The van der Waals surface area contributed by atoms with Crippen LogP contribution in [0.5, 0.6) is 0 Å². The zero-order chi connectivity index (χ0) is 17.3. The Labute approximate surface area is 140 Å². The topological polar surface area (TPSA) is 40.5 Å². The van der Waals surface area contributed by atoms with Crippen LogP contribution in [0, 0.1) is 5.92 Å². The van der Waals surface area contributed by atoms with Gasteiger partial charge in [0.1, 0.15) is 13.1 Å². The lowest BCUT2D eigenvalue weighted by Crippen LogP contribution is -2.68. The molecule has 0 radical (unpaired) electrons. The number of likely N-dealkylation sites (tertiary alicyclic amines) is 1. The Morgan fingerprint density at radius 3 is 2.39 bits per heavy atom. The molecule has 1 amide bonds. The maximum atomic E-state index is 11.4. The van der Waals surface area contributed by atoms with Crippen LogP contribution < -0.4 is 0 Å². The number of carbonyl (C=O) groups is 1. The van der Waals surface area contributed by atoms with Gasteiger partial charge in [0.05, 0.1) is 18.1 Å². The van der Waals surface area contributed by atoms with Gasteiger partial charge in [-0.05, 0) is 27.2 Å². The van der Waals surface area contributed by atoms with Crippen molar-refractivity contribution in [3.05, 3.63) is 35.9 Å². The molecule has 0 aromatic heterocycles. The van der Waals surface area contributed by atoms with Gasteiger partial charge in [0.15, 0.2) is 0 Å². The molecule has 1 N–H and O–H groups in total. The first kappa shape index (κ1) is 17.8. The molecule has 1 aliphatic rings. The first-order valence-electron chi connectivity index (χ1n) is 8.50. The first-order chi connectivity index (χ1) is 10.6. The third kappa shape index (κ3) is 3.86. The molecule has 0 bridgehead atoms. The summed E-state index contributed by atoms with van der Waals surface area (Å²) in [5.41, 5.74) is 1.40. The van der Waals surface area contributed by atoms with E-state index in [9.17, 15) is 9.90 Å². The summed E-state index contributed by atoms with van der Waals surface area (Å²) >= 11 is 0. The van der Waals surface area contributed by atoms with Gasteiger partial charge in [-0.3, -0.25) is 0 Å². The number of likely N-dealkylation sites (N-methyl/N-ethyl adjacent to an activating group) is 1. The summed E-state index contributed by atoms with van der Waals surface area (Å²) in [6.07, 6.45) is 0.129. The van der Waals surface area contributed by atoms with Crippen molar-refractivity contribution >= 4 is 6.09 Å². The Balaban J connectivity index is 2.35. The SMILES string of the molecule is C[C@@H]1C[C@@H](N(C)C(=O)O)C[N+](Cc2ccccc2)(C(C)(C)C)C1. The number of carboxylic acid groups (broad SMARTS) is 1. The minimum absolute atomic E-state index is 0.0715. The molecule has 2 rings (SSSR count). The number of nitrogens with zero attached hydrogens (tertiary/aromatic N) is 2. The predicted octanol–water partition coefficient (Wildman–Crippen LogP) is 3.82. The highest BCUT2D eigenvalue weighted by Gasteiger charge is 2.47. The molecule has 0 spiro atoms. The largest absolute Gasteiger partial charge is 0.465 e. The molecule has 3 atom stereocenters. The fourth-order valence-corrected chi connectivity index (χ4v) is 3.97. The Morgan fingerprint density at radius 2 is 1.87 bits per heavy atom. The average Bonchev–Trinajstić information content (AvgIpc) is 2.45. The number of hydrogen-bond acceptors (Lipinski definition) is 1. The Bertz CT molecular complexity index is 538. The van der Waals surface area contributed by atoms with Gasteiger partial charge in [-0.2, -0.15) is 0 Å². The number of hydrogen-bond donors (Lipinski definition) is 1. The quantitative estimate of drug-likeness (QED) is 0.860. The number of benzene rings is 1. The van der Waals surface area contributed by atoms with E-state index < -0.39 is 6.09 Å². The van der Waals surface area contributed by atoms with Gasteiger partial charge in [0.25, 0.3) is 0 Å². The zero-order valence-electron chi connectivity index (χ0n) is 15.1. The molecule has 23 heavy (non-hydrogen) atoms. The second kappa shape index (κ2) is 6.52. The van der Waals surface area contributed by atoms with Gasteiger partial charge >= 0.3 is 6.09 Å².